The Morgan fingerprint density at radius 1 is 1.45 bits per heavy atom. The van der Waals surface area contributed by atoms with E-state index in [-0.39, 0.29) is 5.91 Å². The van der Waals surface area contributed by atoms with Crippen molar-refractivity contribution in [2.24, 2.45) is 5.92 Å². The van der Waals surface area contributed by atoms with Gasteiger partial charge in [-0.25, -0.2) is 0 Å². The number of nitrogen functional groups attached to an aromatic ring is 1. The summed E-state index contributed by atoms with van der Waals surface area (Å²) in [7, 11) is 1.69. The molecular formula is C15H23N3O2. The van der Waals surface area contributed by atoms with Crippen molar-refractivity contribution in [2.75, 3.05) is 42.8 Å². The summed E-state index contributed by atoms with van der Waals surface area (Å²) in [5, 5.41) is 2.88. The molecule has 5 nitrogen and oxygen atoms in total. The quantitative estimate of drug-likeness (QED) is 0.779. The van der Waals surface area contributed by atoms with Gasteiger partial charge >= 0.3 is 0 Å². The molecule has 1 aromatic carbocycles. The van der Waals surface area contributed by atoms with Crippen molar-refractivity contribution in [1.29, 1.82) is 0 Å². The first-order chi connectivity index (χ1) is 9.51. The van der Waals surface area contributed by atoms with E-state index in [1.165, 1.54) is 0 Å². The summed E-state index contributed by atoms with van der Waals surface area (Å²) in [6.07, 6.45) is 0.419. The van der Waals surface area contributed by atoms with E-state index in [1.807, 2.05) is 12.1 Å². The van der Waals surface area contributed by atoms with Crippen LogP contribution in [0.25, 0.3) is 0 Å². The summed E-state index contributed by atoms with van der Waals surface area (Å²) < 4.78 is 5.17. The minimum Gasteiger partial charge on any atom is -0.397 e. The third-order valence-corrected chi connectivity index (χ3v) is 3.37. The molecular weight excluding hydrogens is 254 g/mol. The summed E-state index contributed by atoms with van der Waals surface area (Å²) >= 11 is 0. The van der Waals surface area contributed by atoms with Gasteiger partial charge in [0.25, 0.3) is 0 Å². The second kappa shape index (κ2) is 6.13. The average Bonchev–Trinajstić information content (AvgIpc) is 2.72. The maximum Gasteiger partial charge on any atom is 0.228 e. The Morgan fingerprint density at radius 2 is 2.20 bits per heavy atom. The molecule has 0 atom stereocenters. The molecule has 0 saturated carbocycles. The fourth-order valence-electron chi connectivity index (χ4n) is 2.51. The first-order valence-corrected chi connectivity index (χ1v) is 6.97. The molecule has 5 heteroatoms. The second-order valence-corrected chi connectivity index (χ2v) is 5.63. The van der Waals surface area contributed by atoms with E-state index in [4.69, 9.17) is 10.5 Å². The molecule has 0 aromatic heterocycles. The van der Waals surface area contributed by atoms with Crippen molar-refractivity contribution in [3.8, 4) is 0 Å². The van der Waals surface area contributed by atoms with Crippen LogP contribution in [0.15, 0.2) is 12.1 Å². The van der Waals surface area contributed by atoms with Gasteiger partial charge in [-0.05, 0) is 23.6 Å². The van der Waals surface area contributed by atoms with Gasteiger partial charge < -0.3 is 20.7 Å². The molecule has 0 saturated heterocycles. The van der Waals surface area contributed by atoms with Gasteiger partial charge in [0.2, 0.25) is 5.91 Å². The molecule has 2 rings (SSSR count). The third kappa shape index (κ3) is 3.22. The van der Waals surface area contributed by atoms with Crippen LogP contribution in [0.5, 0.6) is 0 Å². The Kier molecular flexibility index (Phi) is 4.49. The van der Waals surface area contributed by atoms with Crippen LogP contribution in [0.3, 0.4) is 0 Å². The Balaban J connectivity index is 2.28. The van der Waals surface area contributed by atoms with Gasteiger partial charge in [0.1, 0.15) is 0 Å². The van der Waals surface area contributed by atoms with Crippen LogP contribution >= 0.6 is 0 Å². The van der Waals surface area contributed by atoms with Crippen LogP contribution in [-0.2, 0) is 16.0 Å². The topological polar surface area (TPSA) is 67.6 Å². The van der Waals surface area contributed by atoms with Crippen LogP contribution in [0.2, 0.25) is 0 Å². The number of hydrogen-bond acceptors (Lipinski definition) is 4. The smallest absolute Gasteiger partial charge is 0.228 e. The van der Waals surface area contributed by atoms with Crippen LogP contribution in [-0.4, -0.2) is 32.7 Å². The lowest BCUT2D eigenvalue weighted by Crippen LogP contribution is -2.31. The molecule has 0 radical (unpaired) electrons. The van der Waals surface area contributed by atoms with Gasteiger partial charge in [-0.3, -0.25) is 4.79 Å². The Morgan fingerprint density at radius 3 is 2.85 bits per heavy atom. The molecule has 1 aromatic rings. The number of rotatable bonds is 6. The predicted octanol–water partition coefficient (Wildman–Crippen LogP) is 1.87. The van der Waals surface area contributed by atoms with Crippen molar-refractivity contribution in [3.63, 3.8) is 0 Å². The number of carbonyl (C=O) groups is 1. The molecule has 110 valence electrons. The fraction of sp³-hybridized carbons (Fsp3) is 0.533. The van der Waals surface area contributed by atoms with Crippen molar-refractivity contribution >= 4 is 23.0 Å². The van der Waals surface area contributed by atoms with Crippen LogP contribution in [0, 0.1) is 5.92 Å². The van der Waals surface area contributed by atoms with Crippen LogP contribution in [0.1, 0.15) is 19.4 Å². The molecule has 20 heavy (non-hydrogen) atoms. The van der Waals surface area contributed by atoms with Gasteiger partial charge in [-0.15, -0.1) is 0 Å². The van der Waals surface area contributed by atoms with Crippen molar-refractivity contribution in [2.45, 2.75) is 20.3 Å². The van der Waals surface area contributed by atoms with Crippen molar-refractivity contribution < 1.29 is 9.53 Å². The van der Waals surface area contributed by atoms with E-state index in [9.17, 15) is 4.79 Å². The normalized spacial score (nSPS) is 13.5. The molecule has 1 aliphatic heterocycles. The van der Waals surface area contributed by atoms with E-state index in [0.29, 0.717) is 18.9 Å². The van der Waals surface area contributed by atoms with E-state index in [2.05, 4.69) is 24.1 Å². The number of methoxy groups -OCH3 is 1. The Bertz CT molecular complexity index is 500. The summed E-state index contributed by atoms with van der Waals surface area (Å²) in [4.78, 5) is 13.7. The lowest BCUT2D eigenvalue weighted by atomic mass is 10.1. The fourth-order valence-corrected chi connectivity index (χ4v) is 2.51. The molecule has 3 N–H and O–H groups in total. The highest BCUT2D eigenvalue weighted by Gasteiger charge is 2.21. The highest BCUT2D eigenvalue weighted by atomic mass is 16.5. The SMILES string of the molecule is COCCN(CC(C)C)c1cc2c(cc1N)CC(=O)N2. The predicted molar refractivity (Wildman–Crippen MR) is 82.1 cm³/mol. The molecule has 0 bridgehead atoms. The molecule has 0 unspecified atom stereocenters. The highest BCUT2D eigenvalue weighted by Crippen LogP contribution is 2.34. The maximum absolute atomic E-state index is 11.5. The van der Waals surface area contributed by atoms with Crippen molar-refractivity contribution in [1.82, 2.24) is 0 Å². The molecule has 1 aliphatic rings. The van der Waals surface area contributed by atoms with E-state index >= 15 is 0 Å². The largest absolute Gasteiger partial charge is 0.397 e. The number of nitrogens with one attached hydrogen (secondary N) is 1. The molecule has 0 fully saturated rings. The van der Waals surface area contributed by atoms with Crippen LogP contribution in [0.4, 0.5) is 17.1 Å². The minimum atomic E-state index is 0.0313. The van der Waals surface area contributed by atoms with Gasteiger partial charge in [0.15, 0.2) is 0 Å². The van der Waals surface area contributed by atoms with E-state index in [0.717, 1.165) is 35.7 Å². The minimum absolute atomic E-state index is 0.0313. The van der Waals surface area contributed by atoms with Gasteiger partial charge in [-0.2, -0.15) is 0 Å². The maximum atomic E-state index is 11.5. The summed E-state index contributed by atoms with van der Waals surface area (Å²) in [5.74, 6) is 0.554. The number of nitrogens with two attached hydrogens (primary N) is 1. The molecule has 0 spiro atoms. The number of ether oxygens (including phenoxy) is 1. The van der Waals surface area contributed by atoms with Gasteiger partial charge in [0, 0.05) is 25.9 Å². The third-order valence-electron chi connectivity index (χ3n) is 3.37. The summed E-state index contributed by atoms with van der Waals surface area (Å²) in [6.45, 7) is 6.68. The first kappa shape index (κ1) is 14.7. The van der Waals surface area contributed by atoms with Crippen molar-refractivity contribution in [3.05, 3.63) is 17.7 Å². The number of benzene rings is 1. The van der Waals surface area contributed by atoms with E-state index < -0.39 is 0 Å². The summed E-state index contributed by atoms with van der Waals surface area (Å²) in [6, 6.07) is 3.89. The number of fused-ring (bicyclic) bond motifs is 1. The number of carbonyl (C=O) groups excluding carboxylic acids is 1. The van der Waals surface area contributed by atoms with Gasteiger partial charge in [0.05, 0.1) is 24.4 Å². The first-order valence-electron chi connectivity index (χ1n) is 6.97. The lowest BCUT2D eigenvalue weighted by Gasteiger charge is -2.28. The van der Waals surface area contributed by atoms with E-state index in [1.54, 1.807) is 7.11 Å². The average molecular weight is 277 g/mol. The lowest BCUT2D eigenvalue weighted by molar-refractivity contribution is -0.115. The van der Waals surface area contributed by atoms with Crippen LogP contribution < -0.4 is 16.0 Å². The Hall–Kier alpha value is -1.75. The molecule has 0 aliphatic carbocycles. The molecule has 1 heterocycles. The number of nitrogens with zero attached hydrogens (tertiary/aromatic N) is 1. The zero-order valence-corrected chi connectivity index (χ0v) is 12.4. The molecule has 1 amide bonds. The Labute approximate surface area is 120 Å². The second-order valence-electron chi connectivity index (χ2n) is 5.63. The zero-order valence-electron chi connectivity index (χ0n) is 12.4. The number of hydrogen-bond donors (Lipinski definition) is 2. The number of anilines is 3. The monoisotopic (exact) mass is 277 g/mol. The summed E-state index contributed by atoms with van der Waals surface area (Å²) in [5.41, 5.74) is 9.71. The number of amides is 1. The zero-order chi connectivity index (χ0) is 14.7. The van der Waals surface area contributed by atoms with Gasteiger partial charge in [-0.1, -0.05) is 13.8 Å². The highest BCUT2D eigenvalue weighted by molar-refractivity contribution is 6.00. The standard InChI is InChI=1S/C15H23N3O2/c1-10(2)9-18(4-5-20-3)14-8-13-11(6-12(14)16)7-15(19)17-13/h6,8,10H,4-5,7,9,16H2,1-3H3,(H,17,19).